The molecule has 0 aromatic heterocycles. The minimum absolute atomic E-state index is 0.140. The van der Waals surface area contributed by atoms with Crippen LogP contribution in [0.15, 0.2) is 0 Å². The van der Waals surface area contributed by atoms with Crippen molar-refractivity contribution in [2.75, 3.05) is 131 Å². The molecule has 2 unspecified atom stereocenters. The van der Waals surface area contributed by atoms with E-state index in [4.69, 9.17) is 19.0 Å². The molecule has 0 rings (SSSR count). The smallest absolute Gasteiger partial charge is 0.396 e. The molecule has 13 N–H and O–H groups in total. The lowest BCUT2D eigenvalue weighted by atomic mass is 10.3. The monoisotopic (exact) mass is 850 g/mol. The Hall–Kier alpha value is -0.180. The zero-order valence-electron chi connectivity index (χ0n) is 34.7. The van der Waals surface area contributed by atoms with Gasteiger partial charge in [0.2, 0.25) is 0 Å². The van der Waals surface area contributed by atoms with E-state index in [-0.39, 0.29) is 26.4 Å². The summed E-state index contributed by atoms with van der Waals surface area (Å²) < 4.78 is 41.9. The molecule has 338 valence electrons. The Labute approximate surface area is 339 Å². The van der Waals surface area contributed by atoms with Gasteiger partial charge in [0, 0.05) is 6.61 Å². The molecule has 0 heterocycles. The second-order valence-electron chi connectivity index (χ2n) is 13.9. The number of hydrogen-bond donors (Lipinski definition) is 12. The normalized spacial score (nSPS) is 14.0. The van der Waals surface area contributed by atoms with Gasteiger partial charge in [-0.1, -0.05) is 0 Å². The molecule has 0 spiro atoms. The van der Waals surface area contributed by atoms with Crippen molar-refractivity contribution in [3.63, 3.8) is 0 Å². The molecule has 20 heteroatoms. The first-order chi connectivity index (χ1) is 27.3. The summed E-state index contributed by atoms with van der Waals surface area (Å²) in [5.41, 5.74) is 0. The number of rotatable bonds is 49. The van der Waals surface area contributed by atoms with Crippen molar-refractivity contribution in [1.82, 2.24) is 42.5 Å². The van der Waals surface area contributed by atoms with Gasteiger partial charge in [-0.15, -0.1) is 0 Å². The van der Waals surface area contributed by atoms with Gasteiger partial charge in [0.15, 0.2) is 0 Å². The lowest BCUT2D eigenvalue weighted by molar-refractivity contribution is 0.145. The number of nitrogens with one attached hydrogen (secondary N) is 8. The Kier molecular flexibility index (Phi) is 44.2. The molecule has 0 aromatic rings. The van der Waals surface area contributed by atoms with Gasteiger partial charge < -0.3 is 57.4 Å². The summed E-state index contributed by atoms with van der Waals surface area (Å²) >= 11 is 0. The molecule has 0 saturated carbocycles. The predicted molar refractivity (Wildman–Crippen MR) is 227 cm³/mol. The average Bonchev–Trinajstić information content (AvgIpc) is 3.18. The first-order valence-corrected chi connectivity index (χ1v) is 24.6. The SMILES string of the molecule is NOP(=O)(O)OCCCCNCCCNCCCCNCCCNCCCCOP(=O)(O)OCCCCNCCCNCCCCNCCCNCCCCO. The highest BCUT2D eigenvalue weighted by atomic mass is 31.2. The maximum absolute atomic E-state index is 12.1. The average molecular weight is 850 g/mol. The third kappa shape index (κ3) is 46.5. The molecule has 56 heavy (non-hydrogen) atoms. The summed E-state index contributed by atoms with van der Waals surface area (Å²) in [7, 11) is -8.05. The molecular formula is C36H85N9O9P2. The first kappa shape index (κ1) is 55.8. The topological polar surface area (TPSA) is 254 Å². The lowest BCUT2D eigenvalue weighted by Gasteiger charge is -2.12. The highest BCUT2D eigenvalue weighted by Crippen LogP contribution is 2.43. The summed E-state index contributed by atoms with van der Waals surface area (Å²) in [5.74, 6) is 4.67. The second-order valence-corrected chi connectivity index (χ2v) is 16.8. The molecule has 0 aliphatic heterocycles. The molecule has 0 saturated heterocycles. The van der Waals surface area contributed by atoms with E-state index in [0.717, 1.165) is 175 Å². The number of nitrogens with two attached hydrogens (primary N) is 1. The van der Waals surface area contributed by atoms with Gasteiger partial charge in [-0.05, 0) is 207 Å². The van der Waals surface area contributed by atoms with Gasteiger partial charge in [0.05, 0.1) is 19.8 Å². The Morgan fingerprint density at radius 3 is 0.804 bits per heavy atom. The van der Waals surface area contributed by atoms with E-state index in [9.17, 15) is 14.0 Å². The minimum Gasteiger partial charge on any atom is -0.396 e. The number of phosphoric ester groups is 2. The molecule has 0 aromatic carbocycles. The van der Waals surface area contributed by atoms with E-state index in [2.05, 4.69) is 57.6 Å². The molecule has 18 nitrogen and oxygen atoms in total. The molecule has 0 aliphatic carbocycles. The van der Waals surface area contributed by atoms with Crippen LogP contribution < -0.4 is 48.4 Å². The highest BCUT2D eigenvalue weighted by Gasteiger charge is 2.20. The fourth-order valence-corrected chi connectivity index (χ4v) is 6.59. The zero-order chi connectivity index (χ0) is 40.9. The van der Waals surface area contributed by atoms with Crippen LogP contribution in [0.5, 0.6) is 0 Å². The molecule has 0 fully saturated rings. The quantitative estimate of drug-likeness (QED) is 0.0238. The van der Waals surface area contributed by atoms with E-state index < -0.39 is 15.6 Å². The van der Waals surface area contributed by atoms with Crippen LogP contribution in [0.1, 0.15) is 103 Å². The highest BCUT2D eigenvalue weighted by molar-refractivity contribution is 7.47. The fourth-order valence-electron chi connectivity index (χ4n) is 5.38. The van der Waals surface area contributed by atoms with Crippen molar-refractivity contribution in [3.05, 3.63) is 0 Å². The first-order valence-electron chi connectivity index (χ1n) is 21.6. The van der Waals surface area contributed by atoms with Crippen LogP contribution in [0.25, 0.3) is 0 Å². The lowest BCUT2D eigenvalue weighted by Crippen LogP contribution is -2.25. The molecular weight excluding hydrogens is 764 g/mol. The number of phosphoric acid groups is 2. The number of unbranched alkanes of at least 4 members (excludes halogenated alkanes) is 6. The number of aliphatic hydroxyl groups excluding tert-OH is 1. The van der Waals surface area contributed by atoms with Gasteiger partial charge >= 0.3 is 15.6 Å². The standard InChI is InChI=1S/C36H85N9O9P2/c37-54-56(49,50)53-36-12-8-24-45-32-16-28-41-20-4-3-19-40-27-15-31-44-23-7-11-35-52-55(47,48)51-34-10-6-22-43-30-14-26-39-18-2-1-17-38-25-13-29-42-21-5-9-33-46/h38-46H,1-37H2,(H,47,48)(H,49,50). The number of hydrogen-bond acceptors (Lipinski definition) is 16. The van der Waals surface area contributed by atoms with Gasteiger partial charge in [-0.2, -0.15) is 0 Å². The van der Waals surface area contributed by atoms with Crippen molar-refractivity contribution in [1.29, 1.82) is 0 Å². The van der Waals surface area contributed by atoms with Crippen molar-refractivity contribution < 1.29 is 42.2 Å². The van der Waals surface area contributed by atoms with E-state index in [1.165, 1.54) is 12.8 Å². The Bertz CT molecular complexity index is 896. The van der Waals surface area contributed by atoms with E-state index in [1.54, 1.807) is 0 Å². The van der Waals surface area contributed by atoms with Crippen molar-refractivity contribution >= 4 is 15.6 Å². The number of aliphatic hydroxyl groups is 1. The van der Waals surface area contributed by atoms with Gasteiger partial charge in [-0.3, -0.25) is 13.6 Å². The molecule has 0 amide bonds. The van der Waals surface area contributed by atoms with Crippen molar-refractivity contribution in [2.45, 2.75) is 103 Å². The van der Waals surface area contributed by atoms with Crippen LogP contribution in [0, 0.1) is 0 Å². The summed E-state index contributed by atoms with van der Waals surface area (Å²) in [4.78, 5) is 18.9. The van der Waals surface area contributed by atoms with E-state index in [1.807, 2.05) is 0 Å². The maximum atomic E-state index is 12.1. The van der Waals surface area contributed by atoms with Gasteiger partial charge in [0.1, 0.15) is 0 Å². The van der Waals surface area contributed by atoms with Gasteiger partial charge in [-0.25, -0.2) is 19.7 Å². The van der Waals surface area contributed by atoms with Gasteiger partial charge in [0.25, 0.3) is 0 Å². The van der Waals surface area contributed by atoms with E-state index in [0.29, 0.717) is 19.3 Å². The van der Waals surface area contributed by atoms with Crippen LogP contribution >= 0.6 is 15.6 Å². The molecule has 2 atom stereocenters. The third-order valence-corrected chi connectivity index (χ3v) is 10.4. The van der Waals surface area contributed by atoms with Crippen LogP contribution in [-0.2, 0) is 27.3 Å². The Balaban J connectivity index is 3.26. The predicted octanol–water partition coefficient (Wildman–Crippen LogP) is 2.08. The largest absolute Gasteiger partial charge is 0.488 e. The Morgan fingerprint density at radius 2 is 0.554 bits per heavy atom. The molecule has 0 bridgehead atoms. The summed E-state index contributed by atoms with van der Waals surface area (Å²) in [6.07, 6.45) is 15.5. The Morgan fingerprint density at radius 1 is 0.339 bits per heavy atom. The fraction of sp³-hybridized carbons (Fsp3) is 1.00. The maximum Gasteiger partial charge on any atom is 0.488 e. The summed E-state index contributed by atoms with van der Waals surface area (Å²) in [6, 6.07) is 0. The summed E-state index contributed by atoms with van der Waals surface area (Å²) in [6.45, 7) is 16.4. The van der Waals surface area contributed by atoms with Crippen molar-refractivity contribution in [3.8, 4) is 0 Å². The van der Waals surface area contributed by atoms with E-state index >= 15 is 0 Å². The second kappa shape index (κ2) is 44.4. The van der Waals surface area contributed by atoms with Crippen LogP contribution in [0.4, 0.5) is 0 Å². The molecule has 0 aliphatic rings. The minimum atomic E-state index is -4.06. The third-order valence-electron chi connectivity index (χ3n) is 8.64. The van der Waals surface area contributed by atoms with Crippen LogP contribution in [-0.4, -0.2) is 146 Å². The molecule has 0 radical (unpaired) electrons. The zero-order valence-corrected chi connectivity index (χ0v) is 36.5. The van der Waals surface area contributed by atoms with Crippen LogP contribution in [0.2, 0.25) is 0 Å². The summed E-state index contributed by atoms with van der Waals surface area (Å²) in [5, 5.41) is 36.3. The van der Waals surface area contributed by atoms with Crippen LogP contribution in [0.3, 0.4) is 0 Å². The van der Waals surface area contributed by atoms with Crippen molar-refractivity contribution in [2.24, 2.45) is 5.90 Å².